The number of anilines is 1. The van der Waals surface area contributed by atoms with Crippen molar-refractivity contribution in [1.29, 1.82) is 0 Å². The van der Waals surface area contributed by atoms with E-state index in [1.165, 1.54) is 6.33 Å². The van der Waals surface area contributed by atoms with Gasteiger partial charge in [-0.05, 0) is 19.3 Å². The lowest BCUT2D eigenvalue weighted by atomic mass is 9.84. The molecule has 0 aliphatic carbocycles. The molecule has 0 aromatic carbocycles. The highest BCUT2D eigenvalue weighted by atomic mass is 19.1. The van der Waals surface area contributed by atoms with Crippen molar-refractivity contribution in [2.45, 2.75) is 26.2 Å². The lowest BCUT2D eigenvalue weighted by Gasteiger charge is -2.27. The maximum absolute atomic E-state index is 14.0. The van der Waals surface area contributed by atoms with Crippen LogP contribution in [0.25, 0.3) is 0 Å². The summed E-state index contributed by atoms with van der Waals surface area (Å²) in [6.07, 6.45) is 3.42. The number of aliphatic hydroxyl groups is 1. The van der Waals surface area contributed by atoms with Gasteiger partial charge in [0.1, 0.15) is 6.33 Å². The minimum atomic E-state index is -0.386. The van der Waals surface area contributed by atoms with E-state index in [2.05, 4.69) is 15.3 Å². The lowest BCUT2D eigenvalue weighted by Crippen LogP contribution is -2.32. The SMILES string of the molecule is CCc1ncnc(NCC2(CCO)CCOC2)c1F. The molecule has 1 aromatic heterocycles. The smallest absolute Gasteiger partial charge is 0.186 e. The van der Waals surface area contributed by atoms with Crippen LogP contribution in [0.15, 0.2) is 6.33 Å². The van der Waals surface area contributed by atoms with Crippen LogP contribution in [0.4, 0.5) is 10.2 Å². The Balaban J connectivity index is 2.05. The Morgan fingerprint density at radius 1 is 1.53 bits per heavy atom. The number of ether oxygens (including phenoxy) is 1. The van der Waals surface area contributed by atoms with Gasteiger partial charge in [-0.3, -0.25) is 0 Å². The van der Waals surface area contributed by atoms with E-state index in [0.717, 1.165) is 6.42 Å². The molecule has 0 bridgehead atoms. The van der Waals surface area contributed by atoms with Crippen molar-refractivity contribution in [2.24, 2.45) is 5.41 Å². The first-order chi connectivity index (χ1) is 9.21. The van der Waals surface area contributed by atoms with E-state index in [9.17, 15) is 4.39 Å². The molecule has 0 radical (unpaired) electrons. The summed E-state index contributed by atoms with van der Waals surface area (Å²) < 4.78 is 19.4. The first-order valence-corrected chi connectivity index (χ1v) is 6.62. The van der Waals surface area contributed by atoms with Gasteiger partial charge in [0.25, 0.3) is 0 Å². The summed E-state index contributed by atoms with van der Waals surface area (Å²) in [5, 5.41) is 12.2. The minimum Gasteiger partial charge on any atom is -0.396 e. The Hall–Kier alpha value is -1.27. The predicted octanol–water partition coefficient (Wildman–Crippen LogP) is 1.38. The van der Waals surface area contributed by atoms with Gasteiger partial charge >= 0.3 is 0 Å². The molecule has 1 fully saturated rings. The van der Waals surface area contributed by atoms with Crippen molar-refractivity contribution in [3.05, 3.63) is 17.8 Å². The van der Waals surface area contributed by atoms with Crippen molar-refractivity contribution in [3.8, 4) is 0 Å². The van der Waals surface area contributed by atoms with E-state index in [1.807, 2.05) is 6.92 Å². The van der Waals surface area contributed by atoms with Crippen LogP contribution in [0.5, 0.6) is 0 Å². The zero-order chi connectivity index (χ0) is 13.7. The third kappa shape index (κ3) is 3.19. The molecule has 1 aromatic rings. The fourth-order valence-electron chi connectivity index (χ4n) is 2.36. The minimum absolute atomic E-state index is 0.109. The van der Waals surface area contributed by atoms with E-state index < -0.39 is 0 Å². The molecule has 1 atom stereocenters. The summed E-state index contributed by atoms with van der Waals surface area (Å²) in [7, 11) is 0. The molecule has 2 heterocycles. The molecule has 5 nitrogen and oxygen atoms in total. The highest BCUT2D eigenvalue weighted by molar-refractivity contribution is 5.37. The fraction of sp³-hybridized carbons (Fsp3) is 0.692. The van der Waals surface area contributed by atoms with Crippen molar-refractivity contribution in [2.75, 3.05) is 31.7 Å². The Bertz CT molecular complexity index is 422. The highest BCUT2D eigenvalue weighted by Crippen LogP contribution is 2.32. The average Bonchev–Trinajstić information content (AvgIpc) is 2.87. The van der Waals surface area contributed by atoms with Crippen LogP contribution >= 0.6 is 0 Å². The number of halogens is 1. The second-order valence-electron chi connectivity index (χ2n) is 4.97. The molecule has 1 aliphatic rings. The Labute approximate surface area is 112 Å². The quantitative estimate of drug-likeness (QED) is 0.816. The molecule has 1 saturated heterocycles. The maximum Gasteiger partial charge on any atom is 0.186 e. The largest absolute Gasteiger partial charge is 0.396 e. The number of rotatable bonds is 6. The van der Waals surface area contributed by atoms with Gasteiger partial charge in [0, 0.05) is 25.2 Å². The first-order valence-electron chi connectivity index (χ1n) is 6.62. The molecule has 19 heavy (non-hydrogen) atoms. The molecule has 1 aliphatic heterocycles. The number of aromatic nitrogens is 2. The maximum atomic E-state index is 14.0. The molecule has 6 heteroatoms. The molecule has 106 valence electrons. The van der Waals surface area contributed by atoms with Crippen LogP contribution in [0, 0.1) is 11.2 Å². The fourth-order valence-corrected chi connectivity index (χ4v) is 2.36. The topological polar surface area (TPSA) is 67.3 Å². The van der Waals surface area contributed by atoms with Gasteiger partial charge in [0.15, 0.2) is 11.6 Å². The van der Waals surface area contributed by atoms with Gasteiger partial charge < -0.3 is 15.2 Å². The third-order valence-electron chi connectivity index (χ3n) is 3.65. The summed E-state index contributed by atoms with van der Waals surface area (Å²) in [6.45, 7) is 3.79. The Morgan fingerprint density at radius 3 is 3.00 bits per heavy atom. The van der Waals surface area contributed by atoms with Crippen molar-refractivity contribution in [3.63, 3.8) is 0 Å². The number of nitrogens with zero attached hydrogens (tertiary/aromatic N) is 2. The second-order valence-corrected chi connectivity index (χ2v) is 4.97. The molecule has 2 rings (SSSR count). The molecule has 0 spiro atoms. The summed E-state index contributed by atoms with van der Waals surface area (Å²) in [5.41, 5.74) is 0.287. The summed E-state index contributed by atoms with van der Waals surface area (Å²) in [5.74, 6) is -0.154. The average molecular weight is 269 g/mol. The highest BCUT2D eigenvalue weighted by Gasteiger charge is 2.34. The number of hydrogen-bond acceptors (Lipinski definition) is 5. The van der Waals surface area contributed by atoms with Crippen molar-refractivity contribution >= 4 is 5.82 Å². The predicted molar refractivity (Wildman–Crippen MR) is 69.4 cm³/mol. The molecule has 0 saturated carbocycles. The molecule has 1 unspecified atom stereocenters. The van der Waals surface area contributed by atoms with Crippen molar-refractivity contribution < 1.29 is 14.2 Å². The second kappa shape index (κ2) is 6.25. The first kappa shape index (κ1) is 14.1. The number of hydrogen-bond donors (Lipinski definition) is 2. The van der Waals surface area contributed by atoms with E-state index in [4.69, 9.17) is 9.84 Å². The van der Waals surface area contributed by atoms with Crippen molar-refractivity contribution in [1.82, 2.24) is 9.97 Å². The van der Waals surface area contributed by atoms with E-state index >= 15 is 0 Å². The normalized spacial score (nSPS) is 22.7. The van der Waals surface area contributed by atoms with Crippen LogP contribution < -0.4 is 5.32 Å². The van der Waals surface area contributed by atoms with Crippen LogP contribution in [0.2, 0.25) is 0 Å². The molecular weight excluding hydrogens is 249 g/mol. The number of aliphatic hydroxyl groups excluding tert-OH is 1. The van der Waals surface area contributed by atoms with Gasteiger partial charge in [-0.1, -0.05) is 6.92 Å². The van der Waals surface area contributed by atoms with Gasteiger partial charge in [0.05, 0.1) is 12.3 Å². The Kier molecular flexibility index (Phi) is 4.66. The molecule has 0 amide bonds. The van der Waals surface area contributed by atoms with Crippen LogP contribution in [-0.2, 0) is 11.2 Å². The van der Waals surface area contributed by atoms with E-state index in [-0.39, 0.29) is 23.7 Å². The zero-order valence-electron chi connectivity index (χ0n) is 11.2. The van der Waals surface area contributed by atoms with Gasteiger partial charge in [-0.15, -0.1) is 0 Å². The standard InChI is InChI=1S/C13H20FN3O2/c1-2-10-11(14)12(17-9-16-10)15-7-13(3-5-18)4-6-19-8-13/h9,18H,2-8H2,1H3,(H,15,16,17). The third-order valence-corrected chi connectivity index (χ3v) is 3.65. The van der Waals surface area contributed by atoms with Gasteiger partial charge in [-0.2, -0.15) is 0 Å². The summed E-state index contributed by atoms with van der Waals surface area (Å²) in [6, 6.07) is 0. The van der Waals surface area contributed by atoms with Crippen LogP contribution in [-0.4, -0.2) is 41.4 Å². The number of nitrogens with one attached hydrogen (secondary N) is 1. The van der Waals surface area contributed by atoms with Crippen LogP contribution in [0.1, 0.15) is 25.5 Å². The van der Waals surface area contributed by atoms with Crippen LogP contribution in [0.3, 0.4) is 0 Å². The van der Waals surface area contributed by atoms with Gasteiger partial charge in [-0.25, -0.2) is 14.4 Å². The summed E-state index contributed by atoms with van der Waals surface area (Å²) >= 11 is 0. The Morgan fingerprint density at radius 2 is 2.37 bits per heavy atom. The van der Waals surface area contributed by atoms with E-state index in [1.54, 1.807) is 0 Å². The lowest BCUT2D eigenvalue weighted by molar-refractivity contribution is 0.133. The van der Waals surface area contributed by atoms with Gasteiger partial charge in [0.2, 0.25) is 0 Å². The van der Waals surface area contributed by atoms with E-state index in [0.29, 0.717) is 38.3 Å². The summed E-state index contributed by atoms with van der Waals surface area (Å²) in [4.78, 5) is 7.84. The monoisotopic (exact) mass is 269 g/mol. The number of aryl methyl sites for hydroxylation is 1. The molecular formula is C13H20FN3O2. The molecule has 2 N–H and O–H groups in total. The zero-order valence-corrected chi connectivity index (χ0v) is 11.2.